The lowest BCUT2D eigenvalue weighted by molar-refractivity contribution is 0.0748. The predicted molar refractivity (Wildman–Crippen MR) is 82.1 cm³/mol. The maximum absolute atomic E-state index is 12.5. The number of nitrogens with one attached hydrogen (secondary N) is 1. The minimum atomic E-state index is -0.634. The van der Waals surface area contributed by atoms with Gasteiger partial charge in [-0.2, -0.15) is 11.8 Å². The molecule has 0 bridgehead atoms. The van der Waals surface area contributed by atoms with Crippen LogP contribution in [0.4, 0.5) is 10.5 Å². The van der Waals surface area contributed by atoms with Gasteiger partial charge in [-0.3, -0.25) is 4.79 Å². The lowest BCUT2D eigenvalue weighted by Gasteiger charge is -2.37. The van der Waals surface area contributed by atoms with Gasteiger partial charge in [0.25, 0.3) is 5.91 Å². The monoisotopic (exact) mass is 293 g/mol. The van der Waals surface area contributed by atoms with Crippen LogP contribution in [0.15, 0.2) is 24.3 Å². The van der Waals surface area contributed by atoms with Crippen molar-refractivity contribution in [3.8, 4) is 0 Å². The summed E-state index contributed by atoms with van der Waals surface area (Å²) in [7, 11) is 0. The third-order valence-electron chi connectivity index (χ3n) is 3.09. The van der Waals surface area contributed by atoms with E-state index in [4.69, 9.17) is 5.73 Å². The van der Waals surface area contributed by atoms with E-state index in [9.17, 15) is 9.59 Å². The number of nitrogens with two attached hydrogens (primary N) is 1. The Balaban J connectivity index is 2.14. The molecule has 20 heavy (non-hydrogen) atoms. The van der Waals surface area contributed by atoms with Gasteiger partial charge in [-0.15, -0.1) is 0 Å². The van der Waals surface area contributed by atoms with E-state index >= 15 is 0 Å². The van der Waals surface area contributed by atoms with Crippen LogP contribution in [0.5, 0.6) is 0 Å². The Bertz CT molecular complexity index is 531. The number of carbonyl (C=O) groups is 2. The molecule has 0 saturated carbocycles. The zero-order valence-electron chi connectivity index (χ0n) is 11.7. The lowest BCUT2D eigenvalue weighted by atomic mass is 10.1. The van der Waals surface area contributed by atoms with Gasteiger partial charge in [-0.1, -0.05) is 6.07 Å². The highest BCUT2D eigenvalue weighted by molar-refractivity contribution is 8.00. The number of urea groups is 1. The largest absolute Gasteiger partial charge is 0.351 e. The Labute approximate surface area is 122 Å². The number of primary amides is 1. The number of carbonyl (C=O) groups excluding carboxylic acids is 2. The second-order valence-electron chi connectivity index (χ2n) is 5.40. The van der Waals surface area contributed by atoms with Gasteiger partial charge < -0.3 is 16.0 Å². The molecule has 1 aromatic rings. The first kappa shape index (κ1) is 14.7. The van der Waals surface area contributed by atoms with Gasteiger partial charge in [0.05, 0.1) is 0 Å². The van der Waals surface area contributed by atoms with Gasteiger partial charge in [-0.25, -0.2) is 4.79 Å². The average molecular weight is 293 g/mol. The molecule has 3 N–H and O–H groups in total. The average Bonchev–Trinajstić information content (AvgIpc) is 2.36. The first-order chi connectivity index (χ1) is 9.37. The fraction of sp³-hybridized carbons (Fsp3) is 0.429. The third-order valence-corrected chi connectivity index (χ3v) is 4.39. The second kappa shape index (κ2) is 5.75. The van der Waals surface area contributed by atoms with Crippen molar-refractivity contribution in [3.63, 3.8) is 0 Å². The van der Waals surface area contributed by atoms with Gasteiger partial charge in [0.1, 0.15) is 0 Å². The zero-order valence-corrected chi connectivity index (χ0v) is 12.5. The quantitative estimate of drug-likeness (QED) is 0.877. The minimum absolute atomic E-state index is 0.00787. The fourth-order valence-electron chi connectivity index (χ4n) is 2.24. The van der Waals surface area contributed by atoms with Crippen molar-refractivity contribution in [2.45, 2.75) is 18.6 Å². The van der Waals surface area contributed by atoms with Gasteiger partial charge >= 0.3 is 6.03 Å². The Morgan fingerprint density at radius 3 is 2.80 bits per heavy atom. The Morgan fingerprint density at radius 1 is 1.40 bits per heavy atom. The summed E-state index contributed by atoms with van der Waals surface area (Å²) in [5.41, 5.74) is 6.19. The summed E-state index contributed by atoms with van der Waals surface area (Å²) < 4.78 is 0.0804. The zero-order chi connectivity index (χ0) is 14.8. The van der Waals surface area contributed by atoms with Crippen LogP contribution < -0.4 is 11.1 Å². The SMILES string of the molecule is CC1(C)CN(C(=O)c2cccc(NC(N)=O)c2)CCS1. The molecule has 3 amide bonds. The Hall–Kier alpha value is -1.69. The van der Waals surface area contributed by atoms with Crippen molar-refractivity contribution in [3.05, 3.63) is 29.8 Å². The smallest absolute Gasteiger partial charge is 0.316 e. The van der Waals surface area contributed by atoms with Crippen LogP contribution in [0, 0.1) is 0 Å². The van der Waals surface area contributed by atoms with Crippen LogP contribution in [-0.2, 0) is 0 Å². The molecule has 1 aromatic carbocycles. The number of rotatable bonds is 2. The number of hydrogen-bond acceptors (Lipinski definition) is 3. The number of amides is 3. The van der Waals surface area contributed by atoms with E-state index in [1.165, 1.54) is 0 Å². The van der Waals surface area contributed by atoms with Crippen LogP contribution in [0.25, 0.3) is 0 Å². The molecular formula is C14H19N3O2S. The van der Waals surface area contributed by atoms with Crippen LogP contribution in [0.2, 0.25) is 0 Å². The number of nitrogens with zero attached hydrogens (tertiary/aromatic N) is 1. The summed E-state index contributed by atoms with van der Waals surface area (Å²) in [4.78, 5) is 25.2. The summed E-state index contributed by atoms with van der Waals surface area (Å²) in [5, 5.41) is 2.48. The van der Waals surface area contributed by atoms with E-state index in [0.717, 1.165) is 18.8 Å². The fourth-order valence-corrected chi connectivity index (χ4v) is 3.36. The van der Waals surface area contributed by atoms with Crippen molar-refractivity contribution < 1.29 is 9.59 Å². The van der Waals surface area contributed by atoms with E-state index in [1.54, 1.807) is 24.3 Å². The van der Waals surface area contributed by atoms with E-state index in [2.05, 4.69) is 19.2 Å². The van der Waals surface area contributed by atoms with Gasteiger partial charge in [0, 0.05) is 34.8 Å². The van der Waals surface area contributed by atoms with E-state index in [-0.39, 0.29) is 10.7 Å². The van der Waals surface area contributed by atoms with Crippen molar-refractivity contribution in [2.75, 3.05) is 24.2 Å². The van der Waals surface area contributed by atoms with Crippen LogP contribution in [0.3, 0.4) is 0 Å². The van der Waals surface area contributed by atoms with Crippen molar-refractivity contribution in [1.82, 2.24) is 4.90 Å². The summed E-state index contributed by atoms with van der Waals surface area (Å²) in [5.74, 6) is 0.935. The molecule has 1 aliphatic heterocycles. The molecular weight excluding hydrogens is 274 g/mol. The number of hydrogen-bond donors (Lipinski definition) is 2. The summed E-state index contributed by atoms with van der Waals surface area (Å²) >= 11 is 1.88. The summed E-state index contributed by atoms with van der Waals surface area (Å²) in [6, 6.07) is 6.22. The Morgan fingerprint density at radius 2 is 2.15 bits per heavy atom. The van der Waals surface area contributed by atoms with E-state index < -0.39 is 6.03 Å². The lowest BCUT2D eigenvalue weighted by Crippen LogP contribution is -2.46. The van der Waals surface area contributed by atoms with E-state index in [0.29, 0.717) is 11.3 Å². The molecule has 0 spiro atoms. The van der Waals surface area contributed by atoms with Gasteiger partial charge in [0.2, 0.25) is 0 Å². The van der Waals surface area contributed by atoms with E-state index in [1.807, 2.05) is 16.7 Å². The highest BCUT2D eigenvalue weighted by Gasteiger charge is 2.30. The summed E-state index contributed by atoms with van der Waals surface area (Å²) in [6.07, 6.45) is 0. The Kier molecular flexibility index (Phi) is 4.23. The van der Waals surface area contributed by atoms with Crippen molar-refractivity contribution in [1.29, 1.82) is 0 Å². The normalized spacial score (nSPS) is 17.6. The maximum atomic E-state index is 12.5. The molecule has 2 rings (SSSR count). The van der Waals surface area contributed by atoms with Gasteiger partial charge in [0.15, 0.2) is 0 Å². The molecule has 0 aliphatic carbocycles. The highest BCUT2D eigenvalue weighted by Crippen LogP contribution is 2.30. The second-order valence-corrected chi connectivity index (χ2v) is 7.21. The molecule has 1 fully saturated rings. The molecule has 6 heteroatoms. The molecule has 5 nitrogen and oxygen atoms in total. The first-order valence-corrected chi connectivity index (χ1v) is 7.46. The standard InChI is InChI=1S/C14H19N3O2S/c1-14(2)9-17(6-7-20-14)12(18)10-4-3-5-11(8-10)16-13(15)19/h3-5,8H,6-7,9H2,1-2H3,(H3,15,16,19). The van der Waals surface area contributed by atoms with Crippen molar-refractivity contribution >= 4 is 29.4 Å². The molecule has 0 atom stereocenters. The number of thioether (sulfide) groups is 1. The number of anilines is 1. The molecule has 0 radical (unpaired) electrons. The highest BCUT2D eigenvalue weighted by atomic mass is 32.2. The summed E-state index contributed by atoms with van der Waals surface area (Å²) in [6.45, 7) is 5.76. The van der Waals surface area contributed by atoms with Crippen molar-refractivity contribution in [2.24, 2.45) is 5.73 Å². The topological polar surface area (TPSA) is 75.4 Å². The van der Waals surface area contributed by atoms with Gasteiger partial charge in [-0.05, 0) is 32.0 Å². The molecule has 1 aliphatic rings. The van der Waals surface area contributed by atoms with Crippen LogP contribution >= 0.6 is 11.8 Å². The predicted octanol–water partition coefficient (Wildman–Crippen LogP) is 2.14. The molecule has 1 heterocycles. The molecule has 0 aromatic heterocycles. The third kappa shape index (κ3) is 3.66. The molecule has 108 valence electrons. The molecule has 1 saturated heterocycles. The van der Waals surface area contributed by atoms with Crippen LogP contribution in [-0.4, -0.2) is 40.4 Å². The minimum Gasteiger partial charge on any atom is -0.351 e. The maximum Gasteiger partial charge on any atom is 0.316 e. The molecule has 0 unspecified atom stereocenters. The number of benzene rings is 1. The van der Waals surface area contributed by atoms with Crippen LogP contribution in [0.1, 0.15) is 24.2 Å². The first-order valence-electron chi connectivity index (χ1n) is 6.47.